The van der Waals surface area contributed by atoms with Gasteiger partial charge in [-0.05, 0) is 37.0 Å². The van der Waals surface area contributed by atoms with E-state index in [-0.39, 0.29) is 11.7 Å². The van der Waals surface area contributed by atoms with Gasteiger partial charge in [0.25, 0.3) is 0 Å². The number of nitrogens with zero attached hydrogens (tertiary/aromatic N) is 5. The van der Waals surface area contributed by atoms with Gasteiger partial charge >= 0.3 is 0 Å². The third kappa shape index (κ3) is 2.98. The van der Waals surface area contributed by atoms with Gasteiger partial charge in [-0.15, -0.1) is 0 Å². The van der Waals surface area contributed by atoms with Crippen LogP contribution in [0.3, 0.4) is 0 Å². The van der Waals surface area contributed by atoms with E-state index in [4.69, 9.17) is 0 Å². The Labute approximate surface area is 164 Å². The van der Waals surface area contributed by atoms with Gasteiger partial charge in [0.1, 0.15) is 17.8 Å². The predicted molar refractivity (Wildman–Crippen MR) is 107 cm³/mol. The fourth-order valence-corrected chi connectivity index (χ4v) is 6.16. The van der Waals surface area contributed by atoms with Crippen molar-refractivity contribution >= 4 is 26.9 Å². The molecule has 1 N–H and O–H groups in total. The van der Waals surface area contributed by atoms with E-state index < -0.39 is 10.0 Å². The van der Waals surface area contributed by atoms with Crippen LogP contribution in [0, 0.1) is 5.92 Å². The van der Waals surface area contributed by atoms with Crippen LogP contribution in [-0.4, -0.2) is 57.6 Å². The lowest BCUT2D eigenvalue weighted by Crippen LogP contribution is -2.47. The zero-order valence-corrected chi connectivity index (χ0v) is 16.6. The van der Waals surface area contributed by atoms with E-state index in [0.717, 1.165) is 41.9 Å². The number of sulfonamides is 1. The third-order valence-corrected chi connectivity index (χ3v) is 8.11. The summed E-state index contributed by atoms with van der Waals surface area (Å²) in [5.41, 5.74) is 1.89. The Hall–Kier alpha value is -2.39. The number of nitrogens with one attached hydrogen (secondary N) is 1. The molecule has 0 amide bonds. The molecule has 0 saturated heterocycles. The van der Waals surface area contributed by atoms with Crippen molar-refractivity contribution in [3.05, 3.63) is 42.6 Å². The molecule has 1 saturated carbocycles. The highest BCUT2D eigenvalue weighted by Crippen LogP contribution is 2.36. The molecule has 4 heterocycles. The topological polar surface area (TPSA) is 87.1 Å². The highest BCUT2D eigenvalue weighted by Gasteiger charge is 2.38. The Bertz CT molecular complexity index is 1100. The largest absolute Gasteiger partial charge is 0.356 e. The third-order valence-electron chi connectivity index (χ3n) is 6.12. The molecule has 8 nitrogen and oxygen atoms in total. The number of H-pyrrole nitrogens is 1. The fraction of sp³-hybridized carbons (Fsp3) is 0.474. The number of hydrogen-bond donors (Lipinski definition) is 1. The second-order valence-corrected chi connectivity index (χ2v) is 9.86. The van der Waals surface area contributed by atoms with Gasteiger partial charge in [0, 0.05) is 44.3 Å². The number of anilines is 1. The maximum atomic E-state index is 12.9. The van der Waals surface area contributed by atoms with Crippen molar-refractivity contribution in [1.29, 1.82) is 0 Å². The molecule has 1 aliphatic heterocycles. The van der Waals surface area contributed by atoms with Gasteiger partial charge in [-0.3, -0.25) is 0 Å². The molecular weight excluding hydrogens is 376 g/mol. The SMILES string of the molecule is CN(c1ncnc2[nH]ccc12)C1CC(CS(=O)(=O)N2CCn3cccc3C2)C1. The zero-order chi connectivity index (χ0) is 19.3. The molecule has 148 valence electrons. The molecule has 0 atom stereocenters. The van der Waals surface area contributed by atoms with Crippen LogP contribution < -0.4 is 4.90 Å². The Morgan fingerprint density at radius 2 is 2.11 bits per heavy atom. The van der Waals surface area contributed by atoms with Crippen LogP contribution in [0.2, 0.25) is 0 Å². The number of hydrogen-bond acceptors (Lipinski definition) is 5. The molecule has 0 bridgehead atoms. The highest BCUT2D eigenvalue weighted by atomic mass is 32.2. The van der Waals surface area contributed by atoms with Crippen LogP contribution in [-0.2, 0) is 23.1 Å². The normalized spacial score (nSPS) is 22.8. The van der Waals surface area contributed by atoms with Crippen molar-refractivity contribution in [2.45, 2.75) is 32.0 Å². The lowest BCUT2D eigenvalue weighted by atomic mass is 9.81. The minimum atomic E-state index is -3.23. The van der Waals surface area contributed by atoms with Crippen LogP contribution in [0.1, 0.15) is 18.5 Å². The van der Waals surface area contributed by atoms with Crippen LogP contribution in [0.25, 0.3) is 11.0 Å². The standard InChI is InChI=1S/C19H24N6O2S/c1-23(19-17-4-5-20-18(17)21-13-22-19)16-9-14(10-16)12-28(26,27)25-8-7-24-6-2-3-15(24)11-25/h2-6,13-14,16H,7-12H2,1H3,(H,20,21,22). The molecule has 3 aromatic rings. The summed E-state index contributed by atoms with van der Waals surface area (Å²) in [5.74, 6) is 1.34. The van der Waals surface area contributed by atoms with Gasteiger partial charge in [0.05, 0.1) is 17.7 Å². The summed E-state index contributed by atoms with van der Waals surface area (Å²) in [7, 11) is -1.20. The quantitative estimate of drug-likeness (QED) is 0.706. The predicted octanol–water partition coefficient (Wildman–Crippen LogP) is 1.82. The van der Waals surface area contributed by atoms with E-state index in [2.05, 4.69) is 24.4 Å². The molecule has 3 aromatic heterocycles. The summed E-state index contributed by atoms with van der Waals surface area (Å²) in [6.45, 7) is 1.78. The van der Waals surface area contributed by atoms with Crippen molar-refractivity contribution < 1.29 is 8.42 Å². The summed E-state index contributed by atoms with van der Waals surface area (Å²) >= 11 is 0. The van der Waals surface area contributed by atoms with Crippen LogP contribution >= 0.6 is 0 Å². The Morgan fingerprint density at radius 3 is 2.96 bits per heavy atom. The monoisotopic (exact) mass is 400 g/mol. The van der Waals surface area contributed by atoms with Crippen molar-refractivity contribution in [3.63, 3.8) is 0 Å². The first kappa shape index (κ1) is 17.7. The molecule has 2 aliphatic rings. The molecular formula is C19H24N6O2S. The second kappa shape index (κ2) is 6.59. The molecule has 1 aliphatic carbocycles. The summed E-state index contributed by atoms with van der Waals surface area (Å²) in [5, 5.41) is 0.998. The molecule has 5 rings (SSSR count). The molecule has 0 spiro atoms. The molecule has 0 unspecified atom stereocenters. The van der Waals surface area contributed by atoms with Gasteiger partial charge in [-0.2, -0.15) is 4.31 Å². The number of fused-ring (bicyclic) bond motifs is 2. The summed E-state index contributed by atoms with van der Waals surface area (Å²) in [6.07, 6.45) is 7.19. The van der Waals surface area contributed by atoms with Gasteiger partial charge in [-0.1, -0.05) is 0 Å². The first-order valence-corrected chi connectivity index (χ1v) is 11.2. The van der Waals surface area contributed by atoms with Crippen molar-refractivity contribution in [3.8, 4) is 0 Å². The van der Waals surface area contributed by atoms with E-state index in [1.165, 1.54) is 0 Å². The summed E-state index contributed by atoms with van der Waals surface area (Å²) in [4.78, 5) is 13.9. The van der Waals surface area contributed by atoms with Gasteiger partial charge in [0.2, 0.25) is 10.0 Å². The average molecular weight is 401 g/mol. The number of aromatic nitrogens is 4. The number of rotatable bonds is 5. The zero-order valence-electron chi connectivity index (χ0n) is 15.8. The summed E-state index contributed by atoms with van der Waals surface area (Å²) < 4.78 is 29.5. The lowest BCUT2D eigenvalue weighted by Gasteiger charge is -2.42. The highest BCUT2D eigenvalue weighted by molar-refractivity contribution is 7.89. The molecule has 0 aromatic carbocycles. The van der Waals surface area contributed by atoms with Gasteiger partial charge < -0.3 is 14.5 Å². The van der Waals surface area contributed by atoms with Crippen molar-refractivity contribution in [1.82, 2.24) is 23.8 Å². The Kier molecular flexibility index (Phi) is 4.17. The van der Waals surface area contributed by atoms with Crippen molar-refractivity contribution in [2.24, 2.45) is 5.92 Å². The van der Waals surface area contributed by atoms with Crippen LogP contribution in [0.4, 0.5) is 5.82 Å². The average Bonchev–Trinajstić information content (AvgIpc) is 3.31. The number of aromatic amines is 1. The van der Waals surface area contributed by atoms with Gasteiger partial charge in [-0.25, -0.2) is 18.4 Å². The Balaban J connectivity index is 1.22. The van der Waals surface area contributed by atoms with E-state index in [1.807, 2.05) is 37.6 Å². The first-order chi connectivity index (χ1) is 13.5. The van der Waals surface area contributed by atoms with E-state index in [0.29, 0.717) is 19.1 Å². The Morgan fingerprint density at radius 1 is 1.25 bits per heavy atom. The summed E-state index contributed by atoms with van der Waals surface area (Å²) in [6, 6.07) is 6.27. The molecule has 1 fully saturated rings. The second-order valence-electron chi connectivity index (χ2n) is 7.84. The smallest absolute Gasteiger partial charge is 0.214 e. The molecule has 9 heteroatoms. The van der Waals surface area contributed by atoms with Crippen LogP contribution in [0.15, 0.2) is 36.9 Å². The maximum Gasteiger partial charge on any atom is 0.214 e. The maximum absolute atomic E-state index is 12.9. The van der Waals surface area contributed by atoms with Gasteiger partial charge in [0.15, 0.2) is 0 Å². The van der Waals surface area contributed by atoms with Crippen LogP contribution in [0.5, 0.6) is 0 Å². The first-order valence-electron chi connectivity index (χ1n) is 9.64. The molecule has 28 heavy (non-hydrogen) atoms. The molecule has 0 radical (unpaired) electrons. The van der Waals surface area contributed by atoms with E-state index in [9.17, 15) is 8.42 Å². The van der Waals surface area contributed by atoms with E-state index >= 15 is 0 Å². The fourth-order valence-electron chi connectivity index (χ4n) is 4.40. The minimum Gasteiger partial charge on any atom is -0.356 e. The van der Waals surface area contributed by atoms with Crippen molar-refractivity contribution in [2.75, 3.05) is 24.2 Å². The van der Waals surface area contributed by atoms with E-state index in [1.54, 1.807) is 10.6 Å². The minimum absolute atomic E-state index is 0.203. The lowest BCUT2D eigenvalue weighted by molar-refractivity contribution is 0.273.